The van der Waals surface area contributed by atoms with Crippen LogP contribution in [0.4, 0.5) is 0 Å². The molecule has 0 bridgehead atoms. The van der Waals surface area contributed by atoms with Gasteiger partial charge in [-0.2, -0.15) is 0 Å². The van der Waals surface area contributed by atoms with Gasteiger partial charge in [-0.15, -0.1) is 11.3 Å². The van der Waals surface area contributed by atoms with Crippen LogP contribution >= 0.6 is 11.3 Å². The highest BCUT2D eigenvalue weighted by Crippen LogP contribution is 2.26. The van der Waals surface area contributed by atoms with Crippen LogP contribution in [0.5, 0.6) is 0 Å². The van der Waals surface area contributed by atoms with Crippen molar-refractivity contribution in [2.75, 3.05) is 0 Å². The largest absolute Gasteiger partial charge is 0.293 e. The van der Waals surface area contributed by atoms with Crippen LogP contribution in [0.15, 0.2) is 77.1 Å². The van der Waals surface area contributed by atoms with Gasteiger partial charge in [0, 0.05) is 17.1 Å². The number of thiazole rings is 1. The Bertz CT molecular complexity index is 1100. The van der Waals surface area contributed by atoms with Crippen molar-refractivity contribution in [2.24, 2.45) is 0 Å². The zero-order valence-corrected chi connectivity index (χ0v) is 14.8. The summed E-state index contributed by atoms with van der Waals surface area (Å²) in [5, 5.41) is 1.94. The number of nitrogens with one attached hydrogen (secondary N) is 1. The minimum atomic E-state index is -3.57. The lowest BCUT2D eigenvalue weighted by molar-refractivity contribution is 0.580. The van der Waals surface area contributed by atoms with Crippen LogP contribution in [0, 0.1) is 0 Å². The molecule has 0 unspecified atom stereocenters. The first-order chi connectivity index (χ1) is 12.1. The highest BCUT2D eigenvalue weighted by atomic mass is 32.2. The van der Waals surface area contributed by atoms with Gasteiger partial charge in [-0.05, 0) is 12.1 Å². The molecule has 4 rings (SSSR count). The molecule has 0 aliphatic heterocycles. The standard InChI is InChI=1S/C18H15N3O2S2/c22-25(23,15-9-5-2-6-10-15)19-13-16-17(14-7-3-1-4-8-14)20-18-21(16)11-12-24-18/h1-12,19H,13H2. The number of aromatic nitrogens is 2. The van der Waals surface area contributed by atoms with Gasteiger partial charge in [0.2, 0.25) is 10.0 Å². The normalized spacial score (nSPS) is 11.8. The first-order valence-electron chi connectivity index (χ1n) is 7.70. The summed E-state index contributed by atoms with van der Waals surface area (Å²) in [6, 6.07) is 18.1. The van der Waals surface area contributed by atoms with E-state index in [1.54, 1.807) is 30.3 Å². The zero-order chi connectivity index (χ0) is 17.3. The molecule has 0 fully saturated rings. The van der Waals surface area contributed by atoms with Crippen molar-refractivity contribution in [3.63, 3.8) is 0 Å². The summed E-state index contributed by atoms with van der Waals surface area (Å²) < 4.78 is 29.6. The van der Waals surface area contributed by atoms with E-state index in [1.807, 2.05) is 46.3 Å². The monoisotopic (exact) mass is 369 g/mol. The number of hydrogen-bond donors (Lipinski definition) is 1. The molecule has 2 heterocycles. The molecule has 0 aliphatic carbocycles. The molecule has 0 atom stereocenters. The van der Waals surface area contributed by atoms with E-state index in [1.165, 1.54) is 11.3 Å². The lowest BCUT2D eigenvalue weighted by Crippen LogP contribution is -2.24. The Balaban J connectivity index is 1.71. The highest BCUT2D eigenvalue weighted by Gasteiger charge is 2.18. The van der Waals surface area contributed by atoms with Crippen molar-refractivity contribution in [1.29, 1.82) is 0 Å². The fourth-order valence-corrected chi connectivity index (χ4v) is 4.42. The maximum Gasteiger partial charge on any atom is 0.240 e. The Morgan fingerprint density at radius 1 is 1.00 bits per heavy atom. The molecule has 7 heteroatoms. The van der Waals surface area contributed by atoms with Crippen molar-refractivity contribution in [2.45, 2.75) is 11.4 Å². The van der Waals surface area contributed by atoms with Crippen LogP contribution in [0.1, 0.15) is 5.69 Å². The van der Waals surface area contributed by atoms with Crippen LogP contribution in [0.25, 0.3) is 16.2 Å². The SMILES string of the molecule is O=S(=O)(NCc1c(-c2ccccc2)nc2sccn12)c1ccccc1. The fraction of sp³-hybridized carbons (Fsp3) is 0.0556. The average Bonchev–Trinajstić information content (AvgIpc) is 3.23. The second-order valence-corrected chi connectivity index (χ2v) is 8.11. The molecular weight excluding hydrogens is 354 g/mol. The van der Waals surface area contributed by atoms with E-state index < -0.39 is 10.0 Å². The molecule has 0 saturated heterocycles. The quantitative estimate of drug-likeness (QED) is 0.585. The number of benzene rings is 2. The first kappa shape index (κ1) is 16.0. The number of nitrogens with zero attached hydrogens (tertiary/aromatic N) is 2. The molecule has 0 radical (unpaired) electrons. The first-order valence-corrected chi connectivity index (χ1v) is 10.1. The number of fused-ring (bicyclic) bond motifs is 1. The second kappa shape index (κ2) is 6.44. The molecule has 2 aromatic heterocycles. The molecular formula is C18H15N3O2S2. The van der Waals surface area contributed by atoms with Gasteiger partial charge < -0.3 is 0 Å². The predicted molar refractivity (Wildman–Crippen MR) is 99.0 cm³/mol. The third kappa shape index (κ3) is 3.09. The van der Waals surface area contributed by atoms with Gasteiger partial charge in [-0.1, -0.05) is 48.5 Å². The lowest BCUT2D eigenvalue weighted by Gasteiger charge is -2.08. The summed E-state index contributed by atoms with van der Waals surface area (Å²) >= 11 is 1.52. The van der Waals surface area contributed by atoms with Gasteiger partial charge in [-0.25, -0.2) is 18.1 Å². The van der Waals surface area contributed by atoms with E-state index in [4.69, 9.17) is 0 Å². The van der Waals surface area contributed by atoms with E-state index in [-0.39, 0.29) is 11.4 Å². The Hall–Kier alpha value is -2.48. The van der Waals surface area contributed by atoms with Crippen molar-refractivity contribution >= 4 is 26.3 Å². The Labute approximate surface area is 149 Å². The third-order valence-electron chi connectivity index (χ3n) is 3.89. The van der Waals surface area contributed by atoms with Crippen molar-refractivity contribution < 1.29 is 8.42 Å². The molecule has 25 heavy (non-hydrogen) atoms. The Morgan fingerprint density at radius 3 is 2.40 bits per heavy atom. The summed E-state index contributed by atoms with van der Waals surface area (Å²) in [6.07, 6.45) is 1.91. The topological polar surface area (TPSA) is 63.5 Å². The van der Waals surface area contributed by atoms with Crippen LogP contribution in [0.3, 0.4) is 0 Å². The average molecular weight is 369 g/mol. The third-order valence-corrected chi connectivity index (χ3v) is 6.07. The predicted octanol–water partition coefficient (Wildman–Crippen LogP) is 3.54. The molecule has 2 aromatic carbocycles. The molecule has 5 nitrogen and oxygen atoms in total. The van der Waals surface area contributed by atoms with Crippen LogP contribution in [-0.2, 0) is 16.6 Å². The van der Waals surface area contributed by atoms with Gasteiger partial charge in [0.25, 0.3) is 0 Å². The number of imidazole rings is 1. The molecule has 1 N–H and O–H groups in total. The number of rotatable bonds is 5. The summed E-state index contributed by atoms with van der Waals surface area (Å²) in [6.45, 7) is 0.166. The zero-order valence-electron chi connectivity index (χ0n) is 13.2. The maximum absolute atomic E-state index is 12.5. The summed E-state index contributed by atoms with van der Waals surface area (Å²) in [4.78, 5) is 5.76. The fourth-order valence-electron chi connectivity index (χ4n) is 2.68. The summed E-state index contributed by atoms with van der Waals surface area (Å²) in [7, 11) is -3.57. The second-order valence-electron chi connectivity index (χ2n) is 5.47. The van der Waals surface area contributed by atoms with Crippen LogP contribution < -0.4 is 4.72 Å². The van der Waals surface area contributed by atoms with Crippen LogP contribution in [0.2, 0.25) is 0 Å². The number of hydrogen-bond acceptors (Lipinski definition) is 4. The van der Waals surface area contributed by atoms with Crippen molar-refractivity contribution in [3.8, 4) is 11.3 Å². The molecule has 0 amide bonds. The van der Waals surface area contributed by atoms with E-state index in [2.05, 4.69) is 9.71 Å². The van der Waals surface area contributed by atoms with Crippen molar-refractivity contribution in [3.05, 3.63) is 77.9 Å². The van der Waals surface area contributed by atoms with E-state index in [9.17, 15) is 8.42 Å². The summed E-state index contributed by atoms with van der Waals surface area (Å²) in [5.74, 6) is 0. The minimum absolute atomic E-state index is 0.166. The van der Waals surface area contributed by atoms with E-state index in [0.29, 0.717) is 0 Å². The van der Waals surface area contributed by atoms with Gasteiger partial charge in [0.05, 0.1) is 22.8 Å². The maximum atomic E-state index is 12.5. The summed E-state index contributed by atoms with van der Waals surface area (Å²) in [5.41, 5.74) is 2.58. The van der Waals surface area contributed by atoms with E-state index >= 15 is 0 Å². The number of sulfonamides is 1. The smallest absolute Gasteiger partial charge is 0.240 e. The Kier molecular flexibility index (Phi) is 4.12. The Morgan fingerprint density at radius 2 is 1.68 bits per heavy atom. The highest BCUT2D eigenvalue weighted by molar-refractivity contribution is 7.89. The molecule has 126 valence electrons. The molecule has 0 aliphatic rings. The van der Waals surface area contributed by atoms with E-state index in [0.717, 1.165) is 21.9 Å². The molecule has 0 saturated carbocycles. The minimum Gasteiger partial charge on any atom is -0.293 e. The van der Waals surface area contributed by atoms with Gasteiger partial charge in [0.15, 0.2) is 4.96 Å². The van der Waals surface area contributed by atoms with Gasteiger partial charge in [-0.3, -0.25) is 4.40 Å². The van der Waals surface area contributed by atoms with Crippen LogP contribution in [-0.4, -0.2) is 17.8 Å². The molecule has 0 spiro atoms. The van der Waals surface area contributed by atoms with Gasteiger partial charge in [0.1, 0.15) is 0 Å². The lowest BCUT2D eigenvalue weighted by atomic mass is 10.1. The van der Waals surface area contributed by atoms with Crippen molar-refractivity contribution in [1.82, 2.24) is 14.1 Å². The van der Waals surface area contributed by atoms with Gasteiger partial charge >= 0.3 is 0 Å². The molecule has 4 aromatic rings.